The van der Waals surface area contributed by atoms with Gasteiger partial charge >= 0.3 is 12.1 Å². The summed E-state index contributed by atoms with van der Waals surface area (Å²) in [7, 11) is 0. The smallest absolute Gasteiger partial charge is 0.319 e. The van der Waals surface area contributed by atoms with E-state index in [1.54, 1.807) is 34.1 Å². The van der Waals surface area contributed by atoms with Crippen LogP contribution in [0.1, 0.15) is 60.1 Å². The van der Waals surface area contributed by atoms with Crippen LogP contribution < -0.4 is 21.3 Å². The third-order valence-electron chi connectivity index (χ3n) is 14.8. The second-order valence-electron chi connectivity index (χ2n) is 20.9. The standard InChI is InChI=1S/C68H76N6O10/c1-3-39-73-57(59(79-43-49-23-11-5-12-24-49)61(81-45-51-27-15-7-16-28-51)63(65(73)75)83-47-53-31-19-9-20-32-53)41-69-67(77)71-55-35-37-56(38-36-55)72-68(78)70-42-58-60(80-44-50-25-13-6-14-26-50)62(82-46-52-29-17-8-18-30-52)64(66(76)74(58)40-4-2)84-48-54-33-21-10-22-34-54/h5-38,57-64H,3-4,39-48H2,1-2H3,(H2,69,71,77)(H2,70,72,78)/t57-,58-,59-,60-,61+,62+,63-,64-/m1/s1. The lowest BCUT2D eigenvalue weighted by molar-refractivity contribution is -0.208. The lowest BCUT2D eigenvalue weighted by Gasteiger charge is -2.48. The molecule has 8 atom stereocenters. The number of piperidine rings is 2. The number of carbonyl (C=O) groups excluding carboxylic acids is 4. The van der Waals surface area contributed by atoms with Gasteiger partial charge in [0.1, 0.15) is 24.4 Å². The molecule has 0 aliphatic carbocycles. The van der Waals surface area contributed by atoms with E-state index in [9.17, 15) is 19.2 Å². The SMILES string of the molecule is CCCN1C(=O)[C@H](OCc2ccccc2)[C@@H](OCc2ccccc2)[C@H](OCc2ccccc2)[C@H]1CNC(=O)Nc1ccc(NC(=O)NC[C@@H]2[C@@H](OCc3ccccc3)[C@H](OCc3ccccc3)[C@@H](OCc3ccccc3)C(=O)N2CCC)cc1. The zero-order chi connectivity index (χ0) is 58.3. The van der Waals surface area contributed by atoms with Crippen molar-refractivity contribution < 1.29 is 47.6 Å². The van der Waals surface area contributed by atoms with Gasteiger partial charge in [0.25, 0.3) is 11.8 Å². The van der Waals surface area contributed by atoms with Crippen LogP contribution in [0, 0.1) is 0 Å². The van der Waals surface area contributed by atoms with Crippen LogP contribution in [0.2, 0.25) is 0 Å². The number of nitrogens with zero attached hydrogens (tertiary/aromatic N) is 2. The zero-order valence-electron chi connectivity index (χ0n) is 47.7. The molecule has 0 spiro atoms. The number of rotatable bonds is 28. The largest absolute Gasteiger partial charge is 0.368 e. The first-order valence-electron chi connectivity index (χ1n) is 29.0. The highest BCUT2D eigenvalue weighted by molar-refractivity contribution is 5.92. The van der Waals surface area contributed by atoms with Crippen LogP contribution in [0.5, 0.6) is 0 Å². The molecule has 438 valence electrons. The molecule has 0 unspecified atom stereocenters. The molecule has 0 bridgehead atoms. The quantitative estimate of drug-likeness (QED) is 0.0369. The van der Waals surface area contributed by atoms with Gasteiger partial charge in [-0.05, 0) is 70.5 Å². The Morgan fingerprint density at radius 1 is 0.357 bits per heavy atom. The summed E-state index contributed by atoms with van der Waals surface area (Å²) in [5.74, 6) is -0.498. The molecule has 84 heavy (non-hydrogen) atoms. The van der Waals surface area contributed by atoms with Crippen molar-refractivity contribution in [1.82, 2.24) is 20.4 Å². The molecule has 16 nitrogen and oxygen atoms in total. The first-order chi connectivity index (χ1) is 41.2. The van der Waals surface area contributed by atoms with Crippen molar-refractivity contribution in [3.8, 4) is 0 Å². The third-order valence-corrected chi connectivity index (χ3v) is 14.8. The monoisotopic (exact) mass is 1140 g/mol. The van der Waals surface area contributed by atoms with Gasteiger partial charge in [0.2, 0.25) is 0 Å². The Kier molecular flexibility index (Phi) is 22.6. The minimum absolute atomic E-state index is 0.0368. The maximum absolute atomic E-state index is 14.7. The van der Waals surface area contributed by atoms with Crippen molar-refractivity contribution in [2.24, 2.45) is 0 Å². The van der Waals surface area contributed by atoms with Crippen LogP contribution in [0.25, 0.3) is 0 Å². The fourth-order valence-electron chi connectivity index (χ4n) is 10.6. The highest BCUT2D eigenvalue weighted by Gasteiger charge is 2.52. The van der Waals surface area contributed by atoms with Crippen LogP contribution in [0.3, 0.4) is 0 Å². The number of urea groups is 2. The molecule has 2 fully saturated rings. The van der Waals surface area contributed by atoms with E-state index < -0.39 is 60.8 Å². The van der Waals surface area contributed by atoms with Gasteiger partial charge in [-0.15, -0.1) is 0 Å². The Labute approximate surface area is 492 Å². The van der Waals surface area contributed by atoms with E-state index in [2.05, 4.69) is 21.3 Å². The van der Waals surface area contributed by atoms with Gasteiger partial charge in [0, 0.05) is 37.6 Å². The fourth-order valence-corrected chi connectivity index (χ4v) is 10.6. The molecular weight excluding hydrogens is 1060 g/mol. The van der Waals surface area contributed by atoms with Crippen LogP contribution >= 0.6 is 0 Å². The van der Waals surface area contributed by atoms with Crippen LogP contribution in [-0.4, -0.2) is 109 Å². The summed E-state index contributed by atoms with van der Waals surface area (Å²) < 4.78 is 40.0. The second-order valence-corrected chi connectivity index (χ2v) is 20.9. The number of amides is 6. The molecule has 2 aliphatic heterocycles. The molecule has 9 rings (SSSR count). The van der Waals surface area contributed by atoms with Gasteiger partial charge in [-0.2, -0.15) is 0 Å². The number of benzene rings is 7. The average molecular weight is 1140 g/mol. The molecule has 6 amide bonds. The Morgan fingerprint density at radius 3 is 0.869 bits per heavy atom. The second kappa shape index (κ2) is 31.4. The Hall–Kier alpha value is -8.22. The first kappa shape index (κ1) is 60.4. The molecule has 4 N–H and O–H groups in total. The van der Waals surface area contributed by atoms with E-state index in [1.807, 2.05) is 196 Å². The van der Waals surface area contributed by atoms with Crippen molar-refractivity contribution in [2.45, 2.75) is 115 Å². The molecule has 2 heterocycles. The topological polar surface area (TPSA) is 178 Å². The summed E-state index contributed by atoms with van der Waals surface area (Å²) in [5, 5.41) is 11.9. The Bertz CT molecular complexity index is 2890. The molecule has 7 aromatic carbocycles. The normalized spacial score (nSPS) is 20.5. The third kappa shape index (κ3) is 17.0. The van der Waals surface area contributed by atoms with Gasteiger partial charge in [-0.3, -0.25) is 9.59 Å². The van der Waals surface area contributed by atoms with Gasteiger partial charge in [-0.1, -0.05) is 196 Å². The highest BCUT2D eigenvalue weighted by Crippen LogP contribution is 2.32. The first-order valence-corrected chi connectivity index (χ1v) is 29.0. The van der Waals surface area contributed by atoms with Gasteiger partial charge in [-0.25, -0.2) is 9.59 Å². The number of carbonyl (C=O) groups is 4. The van der Waals surface area contributed by atoms with E-state index in [1.165, 1.54) is 0 Å². The van der Waals surface area contributed by atoms with E-state index in [0.717, 1.165) is 33.4 Å². The molecule has 2 aliphatic rings. The van der Waals surface area contributed by atoms with Crippen LogP contribution in [-0.2, 0) is 77.7 Å². The van der Waals surface area contributed by atoms with Gasteiger partial charge in [0.05, 0.1) is 51.7 Å². The molecule has 0 saturated carbocycles. The summed E-state index contributed by atoms with van der Waals surface area (Å²) >= 11 is 0. The van der Waals surface area contributed by atoms with Crippen molar-refractivity contribution in [3.63, 3.8) is 0 Å². The minimum atomic E-state index is -1.00. The summed E-state index contributed by atoms with van der Waals surface area (Å²) in [4.78, 5) is 60.7. The number of hydrogen-bond acceptors (Lipinski definition) is 10. The fraction of sp³-hybridized carbons (Fsp3) is 0.324. The molecule has 0 aromatic heterocycles. The van der Waals surface area contributed by atoms with Gasteiger partial charge in [0.15, 0.2) is 12.2 Å². The van der Waals surface area contributed by atoms with E-state index in [4.69, 9.17) is 28.4 Å². The molecule has 16 heteroatoms. The maximum atomic E-state index is 14.7. The molecule has 0 radical (unpaired) electrons. The lowest BCUT2D eigenvalue weighted by Crippen LogP contribution is -2.68. The van der Waals surface area contributed by atoms with Gasteiger partial charge < -0.3 is 59.5 Å². The zero-order valence-corrected chi connectivity index (χ0v) is 47.7. The van der Waals surface area contributed by atoms with Crippen molar-refractivity contribution >= 4 is 35.3 Å². The lowest BCUT2D eigenvalue weighted by atomic mass is 9.91. The van der Waals surface area contributed by atoms with Crippen molar-refractivity contribution in [3.05, 3.63) is 240 Å². The van der Waals surface area contributed by atoms with E-state index >= 15 is 0 Å². The average Bonchev–Trinajstić information content (AvgIpc) is 2.97. The number of likely N-dealkylation sites (tertiary alicyclic amines) is 2. The minimum Gasteiger partial charge on any atom is -0.368 e. The molecular formula is C68H76N6O10. The predicted molar refractivity (Wildman–Crippen MR) is 322 cm³/mol. The summed E-state index contributed by atoms with van der Waals surface area (Å²) in [5.41, 5.74) is 6.46. The predicted octanol–water partition coefficient (Wildman–Crippen LogP) is 10.7. The maximum Gasteiger partial charge on any atom is 0.319 e. The number of hydrogen-bond donors (Lipinski definition) is 4. The Balaban J connectivity index is 0.874. The molecule has 7 aromatic rings. The number of nitrogens with one attached hydrogen (secondary N) is 4. The summed E-state index contributed by atoms with van der Waals surface area (Å²) in [6.45, 7) is 6.10. The summed E-state index contributed by atoms with van der Waals surface area (Å²) in [6.07, 6.45) is -3.82. The highest BCUT2D eigenvalue weighted by atomic mass is 16.6. The van der Waals surface area contributed by atoms with Crippen molar-refractivity contribution in [1.29, 1.82) is 0 Å². The van der Waals surface area contributed by atoms with E-state index in [-0.39, 0.29) is 64.5 Å². The Morgan fingerprint density at radius 2 is 0.607 bits per heavy atom. The molecule has 2 saturated heterocycles. The van der Waals surface area contributed by atoms with E-state index in [0.29, 0.717) is 37.3 Å². The number of ether oxygens (including phenoxy) is 6. The van der Waals surface area contributed by atoms with Crippen LogP contribution in [0.4, 0.5) is 21.0 Å². The number of anilines is 2. The van der Waals surface area contributed by atoms with Crippen molar-refractivity contribution in [2.75, 3.05) is 36.8 Å². The summed E-state index contributed by atoms with van der Waals surface area (Å²) in [6, 6.07) is 62.9. The van der Waals surface area contributed by atoms with Crippen LogP contribution in [0.15, 0.2) is 206 Å².